The zero-order chi connectivity index (χ0) is 15.1. The number of urea groups is 1. The minimum Gasteiger partial charge on any atom is -0.434 e. The number of amides is 2. The normalized spacial score (nSPS) is 12.1. The van der Waals surface area contributed by atoms with Crippen LogP contribution in [0.4, 0.5) is 13.6 Å². The molecule has 112 valence electrons. The predicted octanol–water partition coefficient (Wildman–Crippen LogP) is 1.78. The lowest BCUT2D eigenvalue weighted by Crippen LogP contribution is -2.42. The summed E-state index contributed by atoms with van der Waals surface area (Å²) in [6.07, 6.45) is 0. The van der Waals surface area contributed by atoms with Crippen LogP contribution in [0.5, 0.6) is 5.75 Å². The molecule has 0 bridgehead atoms. The van der Waals surface area contributed by atoms with E-state index in [0.717, 1.165) is 5.56 Å². The quantitative estimate of drug-likeness (QED) is 0.747. The van der Waals surface area contributed by atoms with E-state index in [9.17, 15) is 13.6 Å². The molecule has 0 heterocycles. The zero-order valence-electron chi connectivity index (χ0n) is 11.3. The van der Waals surface area contributed by atoms with Crippen LogP contribution in [0.3, 0.4) is 0 Å². The molecule has 0 spiro atoms. The van der Waals surface area contributed by atoms with Crippen LogP contribution in [-0.4, -0.2) is 30.4 Å². The van der Waals surface area contributed by atoms with Gasteiger partial charge in [-0.25, -0.2) is 4.79 Å². The molecule has 1 unspecified atom stereocenters. The molecule has 0 saturated heterocycles. The number of rotatable bonds is 6. The number of alkyl halides is 2. The van der Waals surface area contributed by atoms with Crippen molar-refractivity contribution < 1.29 is 23.4 Å². The van der Waals surface area contributed by atoms with Crippen LogP contribution in [0.25, 0.3) is 0 Å². The van der Waals surface area contributed by atoms with E-state index in [2.05, 4.69) is 15.4 Å². The summed E-state index contributed by atoms with van der Waals surface area (Å²) in [6, 6.07) is 3.87. The van der Waals surface area contributed by atoms with Gasteiger partial charge in [-0.3, -0.25) is 0 Å². The number of halogens is 2. The van der Waals surface area contributed by atoms with E-state index in [0.29, 0.717) is 5.56 Å². The Morgan fingerprint density at radius 3 is 2.75 bits per heavy atom. The minimum atomic E-state index is -2.92. The summed E-state index contributed by atoms with van der Waals surface area (Å²) in [5.41, 5.74) is 1.32. The summed E-state index contributed by atoms with van der Waals surface area (Å²) in [6.45, 7) is 0.395. The lowest BCUT2D eigenvalue weighted by atomic mass is 10.1. The van der Waals surface area contributed by atoms with Gasteiger partial charge in [0.2, 0.25) is 0 Å². The third-order valence-electron chi connectivity index (χ3n) is 2.52. The Labute approximate surface area is 115 Å². The molecule has 0 radical (unpaired) electrons. The van der Waals surface area contributed by atoms with Gasteiger partial charge in [0.15, 0.2) is 0 Å². The average Bonchev–Trinajstić information content (AvgIpc) is 2.38. The molecule has 0 aromatic heterocycles. The predicted molar refractivity (Wildman–Crippen MR) is 69.7 cm³/mol. The maximum Gasteiger partial charge on any atom is 0.387 e. The summed E-state index contributed by atoms with van der Waals surface area (Å²) in [4.78, 5) is 11.5. The highest BCUT2D eigenvalue weighted by atomic mass is 19.3. The van der Waals surface area contributed by atoms with E-state index in [4.69, 9.17) is 5.11 Å². The van der Waals surface area contributed by atoms with Crippen LogP contribution in [0.15, 0.2) is 18.2 Å². The lowest BCUT2D eigenvalue weighted by molar-refractivity contribution is -0.0504. The Morgan fingerprint density at radius 2 is 2.15 bits per heavy atom. The van der Waals surface area contributed by atoms with Gasteiger partial charge < -0.3 is 20.5 Å². The molecular weight excluding hydrogens is 270 g/mol. The van der Waals surface area contributed by atoms with Crippen molar-refractivity contribution in [2.45, 2.75) is 33.0 Å². The molecule has 7 heteroatoms. The molecule has 3 N–H and O–H groups in total. The van der Waals surface area contributed by atoms with Gasteiger partial charge in [0.25, 0.3) is 0 Å². The van der Waals surface area contributed by atoms with Crippen LogP contribution < -0.4 is 15.4 Å². The second-order valence-corrected chi connectivity index (χ2v) is 4.40. The maximum atomic E-state index is 12.3. The van der Waals surface area contributed by atoms with Crippen molar-refractivity contribution in [1.82, 2.24) is 10.6 Å². The van der Waals surface area contributed by atoms with Crippen molar-refractivity contribution in [2.75, 3.05) is 6.61 Å². The van der Waals surface area contributed by atoms with E-state index >= 15 is 0 Å². The first kappa shape index (κ1) is 16.2. The number of carbonyl (C=O) groups is 1. The molecule has 2 amide bonds. The highest BCUT2D eigenvalue weighted by Crippen LogP contribution is 2.21. The first-order chi connectivity index (χ1) is 9.42. The van der Waals surface area contributed by atoms with E-state index in [1.54, 1.807) is 19.1 Å². The molecular formula is C13H18F2N2O3. The summed E-state index contributed by atoms with van der Waals surface area (Å²) in [7, 11) is 0. The summed E-state index contributed by atoms with van der Waals surface area (Å²) in [5.74, 6) is 0.0288. The van der Waals surface area contributed by atoms with Gasteiger partial charge in [0.1, 0.15) is 5.75 Å². The number of ether oxygens (including phenoxy) is 1. The van der Waals surface area contributed by atoms with Crippen molar-refractivity contribution in [3.05, 3.63) is 29.3 Å². The van der Waals surface area contributed by atoms with Gasteiger partial charge in [-0.2, -0.15) is 8.78 Å². The second kappa shape index (κ2) is 7.64. The molecule has 0 saturated carbocycles. The highest BCUT2D eigenvalue weighted by molar-refractivity contribution is 5.74. The fourth-order valence-corrected chi connectivity index (χ4v) is 1.55. The Kier molecular flexibility index (Phi) is 6.17. The number of aliphatic hydroxyl groups is 1. The van der Waals surface area contributed by atoms with Crippen LogP contribution >= 0.6 is 0 Å². The summed E-state index contributed by atoms with van der Waals surface area (Å²) < 4.78 is 28.9. The van der Waals surface area contributed by atoms with Crippen molar-refractivity contribution in [2.24, 2.45) is 0 Å². The molecule has 0 aliphatic carbocycles. The number of aliphatic hydroxyl groups excluding tert-OH is 1. The molecule has 5 nitrogen and oxygen atoms in total. The molecule has 0 aliphatic heterocycles. The molecule has 1 rings (SSSR count). The second-order valence-electron chi connectivity index (χ2n) is 4.40. The van der Waals surface area contributed by atoms with E-state index in [1.807, 2.05) is 6.92 Å². The largest absolute Gasteiger partial charge is 0.434 e. The van der Waals surface area contributed by atoms with Gasteiger partial charge in [-0.15, -0.1) is 0 Å². The van der Waals surface area contributed by atoms with Crippen molar-refractivity contribution >= 4 is 6.03 Å². The highest BCUT2D eigenvalue weighted by Gasteiger charge is 2.11. The third kappa shape index (κ3) is 5.40. The molecule has 0 aliphatic rings. The van der Waals surface area contributed by atoms with Crippen LogP contribution in [0.1, 0.15) is 18.1 Å². The lowest BCUT2D eigenvalue weighted by Gasteiger charge is -2.14. The topological polar surface area (TPSA) is 70.6 Å². The van der Waals surface area contributed by atoms with Crippen molar-refractivity contribution in [1.29, 1.82) is 0 Å². The SMILES string of the molecule is Cc1ccc(OC(F)F)c(CNC(=O)NC(C)CO)c1. The van der Waals surface area contributed by atoms with E-state index in [-0.39, 0.29) is 24.9 Å². The van der Waals surface area contributed by atoms with Gasteiger partial charge in [-0.05, 0) is 19.9 Å². The first-order valence-corrected chi connectivity index (χ1v) is 6.12. The summed E-state index contributed by atoms with van der Waals surface area (Å²) in [5, 5.41) is 13.8. The van der Waals surface area contributed by atoms with Gasteiger partial charge in [0.05, 0.1) is 12.6 Å². The fourth-order valence-electron chi connectivity index (χ4n) is 1.55. The van der Waals surface area contributed by atoms with Gasteiger partial charge in [-0.1, -0.05) is 17.7 Å². The minimum absolute atomic E-state index is 0.0288. The van der Waals surface area contributed by atoms with Crippen molar-refractivity contribution in [3.63, 3.8) is 0 Å². The van der Waals surface area contributed by atoms with E-state index < -0.39 is 12.6 Å². The number of nitrogens with one attached hydrogen (secondary N) is 2. The number of carbonyl (C=O) groups excluding carboxylic acids is 1. The van der Waals surface area contributed by atoms with Crippen molar-refractivity contribution in [3.8, 4) is 5.75 Å². The van der Waals surface area contributed by atoms with Crippen LogP contribution in [0, 0.1) is 6.92 Å². The summed E-state index contributed by atoms with van der Waals surface area (Å²) >= 11 is 0. The van der Waals surface area contributed by atoms with Gasteiger partial charge >= 0.3 is 12.6 Å². The standard InChI is InChI=1S/C13H18F2N2O3/c1-8-3-4-11(20-12(14)15)10(5-8)6-16-13(19)17-9(2)7-18/h3-5,9,12,18H,6-7H2,1-2H3,(H2,16,17,19). The van der Waals surface area contributed by atoms with E-state index in [1.165, 1.54) is 6.07 Å². The van der Waals surface area contributed by atoms with Gasteiger partial charge in [0, 0.05) is 12.1 Å². The Morgan fingerprint density at radius 1 is 1.45 bits per heavy atom. The number of hydrogen-bond donors (Lipinski definition) is 3. The number of benzene rings is 1. The molecule has 20 heavy (non-hydrogen) atoms. The fraction of sp³-hybridized carbons (Fsp3) is 0.462. The Hall–Kier alpha value is -1.89. The zero-order valence-corrected chi connectivity index (χ0v) is 11.3. The maximum absolute atomic E-state index is 12.3. The monoisotopic (exact) mass is 288 g/mol. The smallest absolute Gasteiger partial charge is 0.387 e. The number of aryl methyl sites for hydroxylation is 1. The molecule has 1 aromatic carbocycles. The Bertz CT molecular complexity index is 455. The third-order valence-corrected chi connectivity index (χ3v) is 2.52. The first-order valence-electron chi connectivity index (χ1n) is 6.12. The average molecular weight is 288 g/mol. The number of hydrogen-bond acceptors (Lipinski definition) is 3. The molecule has 0 fully saturated rings. The molecule has 1 aromatic rings. The van der Waals surface area contributed by atoms with Crippen LogP contribution in [0.2, 0.25) is 0 Å². The Balaban J connectivity index is 2.66. The molecule has 1 atom stereocenters. The van der Waals surface area contributed by atoms with Crippen LogP contribution in [-0.2, 0) is 6.54 Å².